The molecule has 1 unspecified atom stereocenters. The molecule has 0 saturated carbocycles. The van der Waals surface area contributed by atoms with Gasteiger partial charge < -0.3 is 10.6 Å². The molecule has 4 nitrogen and oxygen atoms in total. The monoisotopic (exact) mass is 310 g/mol. The van der Waals surface area contributed by atoms with Gasteiger partial charge >= 0.3 is 0 Å². The van der Waals surface area contributed by atoms with Crippen molar-refractivity contribution in [1.82, 2.24) is 15.6 Å². The second-order valence-electron chi connectivity index (χ2n) is 5.46. The van der Waals surface area contributed by atoms with E-state index in [1.54, 1.807) is 11.3 Å². The third-order valence-corrected chi connectivity index (χ3v) is 4.81. The lowest BCUT2D eigenvalue weighted by Gasteiger charge is -2.17. The van der Waals surface area contributed by atoms with Gasteiger partial charge in [-0.1, -0.05) is 33.1 Å². The molecule has 0 amide bonds. The van der Waals surface area contributed by atoms with E-state index in [2.05, 4.69) is 41.4 Å². The van der Waals surface area contributed by atoms with Gasteiger partial charge in [-0.25, -0.2) is 4.98 Å². The molecule has 1 aromatic heterocycles. The highest BCUT2D eigenvalue weighted by Gasteiger charge is 2.08. The van der Waals surface area contributed by atoms with Gasteiger partial charge in [0.15, 0.2) is 5.96 Å². The number of hydrogen-bond acceptors (Lipinski definition) is 3. The molecular formula is C16H30N4S. The second kappa shape index (κ2) is 9.77. The number of aryl methyl sites for hydroxylation is 2. The topological polar surface area (TPSA) is 49.3 Å². The number of guanidine groups is 1. The molecule has 120 valence electrons. The number of hydrogen-bond donors (Lipinski definition) is 2. The first-order valence-corrected chi connectivity index (χ1v) is 8.79. The van der Waals surface area contributed by atoms with Crippen molar-refractivity contribution in [2.75, 3.05) is 13.6 Å². The Morgan fingerprint density at radius 1 is 1.29 bits per heavy atom. The average molecular weight is 311 g/mol. The molecule has 1 heterocycles. The Bertz CT molecular complexity index is 439. The molecule has 0 bridgehead atoms. The molecule has 1 aromatic rings. The fraction of sp³-hybridized carbons (Fsp3) is 0.750. The molecule has 0 aliphatic rings. The average Bonchev–Trinajstić information content (AvgIpc) is 2.80. The van der Waals surface area contributed by atoms with Crippen LogP contribution >= 0.6 is 11.3 Å². The molecular weight excluding hydrogens is 280 g/mol. The Hall–Kier alpha value is -1.10. The lowest BCUT2D eigenvalue weighted by Crippen LogP contribution is -2.39. The van der Waals surface area contributed by atoms with E-state index in [0.29, 0.717) is 0 Å². The Morgan fingerprint density at radius 2 is 2.05 bits per heavy atom. The summed E-state index contributed by atoms with van der Waals surface area (Å²) in [5, 5.41) is 7.96. The summed E-state index contributed by atoms with van der Waals surface area (Å²) in [6, 6.07) is 0. The van der Waals surface area contributed by atoms with Crippen molar-refractivity contribution in [2.45, 2.75) is 59.9 Å². The van der Waals surface area contributed by atoms with Crippen LogP contribution in [-0.2, 0) is 6.54 Å². The van der Waals surface area contributed by atoms with Crippen LogP contribution in [-0.4, -0.2) is 24.5 Å². The van der Waals surface area contributed by atoms with E-state index in [9.17, 15) is 0 Å². The highest BCUT2D eigenvalue weighted by Crippen LogP contribution is 2.16. The minimum Gasteiger partial charge on any atom is -0.356 e. The minimum atomic E-state index is 0.732. The quantitative estimate of drug-likeness (QED) is 0.569. The molecule has 0 spiro atoms. The fourth-order valence-corrected chi connectivity index (χ4v) is 3.18. The Morgan fingerprint density at radius 3 is 2.57 bits per heavy atom. The minimum absolute atomic E-state index is 0.732. The standard InChI is InChI=1S/C16H30N4S/c1-6-8-9-14(7-2)10-18-16(17-5)19-11-15-12(3)20-13(4)21-15/h14H,6-11H2,1-5H3,(H2,17,18,19). The fourth-order valence-electron chi connectivity index (χ4n) is 2.31. The molecule has 0 aliphatic carbocycles. The largest absolute Gasteiger partial charge is 0.356 e. The molecule has 0 aliphatic heterocycles. The van der Waals surface area contributed by atoms with Crippen LogP contribution in [0.15, 0.2) is 4.99 Å². The van der Waals surface area contributed by atoms with E-state index in [1.165, 1.54) is 30.6 Å². The molecule has 5 heteroatoms. The third-order valence-electron chi connectivity index (χ3n) is 3.74. The van der Waals surface area contributed by atoms with Gasteiger partial charge in [0.2, 0.25) is 0 Å². The van der Waals surface area contributed by atoms with E-state index in [-0.39, 0.29) is 0 Å². The molecule has 0 aromatic carbocycles. The first kappa shape index (κ1) is 18.0. The van der Waals surface area contributed by atoms with E-state index in [4.69, 9.17) is 0 Å². The predicted molar refractivity (Wildman–Crippen MR) is 93.1 cm³/mol. The van der Waals surface area contributed by atoms with Crippen molar-refractivity contribution >= 4 is 17.3 Å². The van der Waals surface area contributed by atoms with Crippen LogP contribution in [0.3, 0.4) is 0 Å². The summed E-state index contributed by atoms with van der Waals surface area (Å²) in [6.45, 7) is 10.4. The summed E-state index contributed by atoms with van der Waals surface area (Å²) < 4.78 is 0. The van der Waals surface area contributed by atoms with Gasteiger partial charge in [0.1, 0.15) is 0 Å². The summed E-state index contributed by atoms with van der Waals surface area (Å²) in [5.74, 6) is 1.62. The zero-order chi connectivity index (χ0) is 15.7. The zero-order valence-electron chi connectivity index (χ0n) is 14.1. The van der Waals surface area contributed by atoms with E-state index >= 15 is 0 Å². The first-order valence-electron chi connectivity index (χ1n) is 7.98. The molecule has 0 radical (unpaired) electrons. The molecule has 1 atom stereocenters. The summed E-state index contributed by atoms with van der Waals surface area (Å²) >= 11 is 1.75. The van der Waals surface area contributed by atoms with Crippen LogP contribution < -0.4 is 10.6 Å². The number of aliphatic imine (C=N–C) groups is 1. The first-order chi connectivity index (χ1) is 10.1. The highest BCUT2D eigenvalue weighted by molar-refractivity contribution is 7.11. The van der Waals surface area contributed by atoms with Gasteiger partial charge in [-0.2, -0.15) is 0 Å². The number of thiazole rings is 1. The van der Waals surface area contributed by atoms with Crippen LogP contribution in [0.25, 0.3) is 0 Å². The summed E-state index contributed by atoms with van der Waals surface area (Å²) in [5.41, 5.74) is 1.12. The zero-order valence-corrected chi connectivity index (χ0v) is 14.9. The summed E-state index contributed by atoms with van der Waals surface area (Å²) in [4.78, 5) is 10.0. The Labute approximate surface area is 133 Å². The Kier molecular flexibility index (Phi) is 8.35. The van der Waals surface area contributed by atoms with Gasteiger partial charge in [0.25, 0.3) is 0 Å². The maximum atomic E-state index is 4.45. The van der Waals surface area contributed by atoms with Crippen molar-refractivity contribution in [2.24, 2.45) is 10.9 Å². The number of aromatic nitrogens is 1. The number of rotatable bonds is 8. The van der Waals surface area contributed by atoms with Crippen LogP contribution in [0, 0.1) is 19.8 Å². The van der Waals surface area contributed by atoms with Gasteiger partial charge in [0.05, 0.1) is 17.2 Å². The molecule has 2 N–H and O–H groups in total. The highest BCUT2D eigenvalue weighted by atomic mass is 32.1. The summed E-state index contributed by atoms with van der Waals surface area (Å²) in [6.07, 6.45) is 5.10. The summed E-state index contributed by atoms with van der Waals surface area (Å²) in [7, 11) is 1.83. The smallest absolute Gasteiger partial charge is 0.191 e. The van der Waals surface area contributed by atoms with Gasteiger partial charge in [-0.05, 0) is 26.2 Å². The number of unbranched alkanes of at least 4 members (excludes halogenated alkanes) is 1. The van der Waals surface area contributed by atoms with Crippen molar-refractivity contribution in [3.05, 3.63) is 15.6 Å². The molecule has 0 saturated heterocycles. The van der Waals surface area contributed by atoms with Crippen molar-refractivity contribution in [1.29, 1.82) is 0 Å². The van der Waals surface area contributed by atoms with Crippen LogP contribution in [0.2, 0.25) is 0 Å². The van der Waals surface area contributed by atoms with Crippen LogP contribution in [0.1, 0.15) is 55.1 Å². The van der Waals surface area contributed by atoms with Gasteiger partial charge in [-0.15, -0.1) is 11.3 Å². The maximum absolute atomic E-state index is 4.45. The van der Waals surface area contributed by atoms with Crippen molar-refractivity contribution in [3.63, 3.8) is 0 Å². The number of nitrogens with zero attached hydrogens (tertiary/aromatic N) is 2. The molecule has 0 fully saturated rings. The molecule has 21 heavy (non-hydrogen) atoms. The van der Waals surface area contributed by atoms with Crippen molar-refractivity contribution in [3.8, 4) is 0 Å². The normalized spacial score (nSPS) is 13.3. The van der Waals surface area contributed by atoms with Crippen molar-refractivity contribution < 1.29 is 0 Å². The third kappa shape index (κ3) is 6.46. The second-order valence-corrected chi connectivity index (χ2v) is 6.75. The molecule has 1 rings (SSSR count). The van der Waals surface area contributed by atoms with Gasteiger partial charge in [-0.3, -0.25) is 4.99 Å². The van der Waals surface area contributed by atoms with E-state index < -0.39 is 0 Å². The van der Waals surface area contributed by atoms with E-state index in [0.717, 1.165) is 35.7 Å². The maximum Gasteiger partial charge on any atom is 0.191 e. The SMILES string of the molecule is CCCCC(CC)CNC(=NC)NCc1sc(C)nc1C. The lowest BCUT2D eigenvalue weighted by atomic mass is 9.99. The predicted octanol–water partition coefficient (Wildman–Crippen LogP) is 3.64. The van der Waals surface area contributed by atoms with Crippen LogP contribution in [0.4, 0.5) is 0 Å². The van der Waals surface area contributed by atoms with Crippen LogP contribution in [0.5, 0.6) is 0 Å². The number of nitrogens with one attached hydrogen (secondary N) is 2. The van der Waals surface area contributed by atoms with Gasteiger partial charge in [0, 0.05) is 18.5 Å². The van der Waals surface area contributed by atoms with E-state index in [1.807, 2.05) is 14.0 Å². The Balaban J connectivity index is 2.39. The lowest BCUT2D eigenvalue weighted by molar-refractivity contribution is 0.443.